The molecule has 0 aliphatic rings. The zero-order valence-corrected chi connectivity index (χ0v) is 15.7. The van der Waals surface area contributed by atoms with E-state index in [0.717, 1.165) is 18.6 Å². The Morgan fingerprint density at radius 2 is 1.77 bits per heavy atom. The van der Waals surface area contributed by atoms with Gasteiger partial charge in [0.15, 0.2) is 17.6 Å². The van der Waals surface area contributed by atoms with Crippen LogP contribution in [0.4, 0.5) is 0 Å². The second kappa shape index (κ2) is 10.3. The molecule has 2 aromatic rings. The van der Waals surface area contributed by atoms with Crippen molar-refractivity contribution in [3.8, 4) is 17.2 Å². The molecule has 5 heteroatoms. The fourth-order valence-electron chi connectivity index (χ4n) is 2.53. The second-order valence-electron chi connectivity index (χ2n) is 5.88. The van der Waals surface area contributed by atoms with E-state index in [1.807, 2.05) is 31.2 Å². The zero-order valence-electron chi connectivity index (χ0n) is 15.7. The highest BCUT2D eigenvalue weighted by Crippen LogP contribution is 2.26. The molecule has 0 saturated heterocycles. The third-order valence-electron chi connectivity index (χ3n) is 3.92. The van der Waals surface area contributed by atoms with Gasteiger partial charge in [0.25, 0.3) is 5.91 Å². The lowest BCUT2D eigenvalue weighted by Crippen LogP contribution is -2.37. The van der Waals surface area contributed by atoms with Crippen molar-refractivity contribution < 1.29 is 19.0 Å². The summed E-state index contributed by atoms with van der Waals surface area (Å²) in [7, 11) is 1.58. The number of para-hydroxylation sites is 2. The van der Waals surface area contributed by atoms with Gasteiger partial charge in [0, 0.05) is 6.54 Å². The van der Waals surface area contributed by atoms with Crippen molar-refractivity contribution >= 4 is 5.91 Å². The molecule has 0 spiro atoms. The van der Waals surface area contributed by atoms with Gasteiger partial charge in [-0.25, -0.2) is 0 Å². The van der Waals surface area contributed by atoms with Crippen molar-refractivity contribution in [3.05, 3.63) is 54.1 Å². The number of carbonyl (C=O) groups is 1. The number of benzene rings is 2. The van der Waals surface area contributed by atoms with E-state index in [1.54, 1.807) is 26.2 Å². The number of rotatable bonds is 10. The summed E-state index contributed by atoms with van der Waals surface area (Å²) < 4.78 is 16.4. The molecule has 2 aromatic carbocycles. The Morgan fingerprint density at radius 1 is 1.08 bits per heavy atom. The molecule has 26 heavy (non-hydrogen) atoms. The molecule has 2 rings (SSSR count). The number of carbonyl (C=O) groups excluding carboxylic acids is 1. The van der Waals surface area contributed by atoms with Crippen molar-refractivity contribution in [2.24, 2.45) is 0 Å². The number of methoxy groups -OCH3 is 1. The molecule has 0 aromatic heterocycles. The van der Waals surface area contributed by atoms with Crippen LogP contribution in [0.15, 0.2) is 48.5 Å². The smallest absolute Gasteiger partial charge is 0.260 e. The van der Waals surface area contributed by atoms with Gasteiger partial charge in [-0.1, -0.05) is 24.3 Å². The van der Waals surface area contributed by atoms with E-state index in [0.29, 0.717) is 24.7 Å². The quantitative estimate of drug-likeness (QED) is 0.660. The van der Waals surface area contributed by atoms with Crippen LogP contribution in [-0.4, -0.2) is 32.3 Å². The molecule has 140 valence electrons. The van der Waals surface area contributed by atoms with Gasteiger partial charge in [-0.05, 0) is 56.5 Å². The van der Waals surface area contributed by atoms with Crippen molar-refractivity contribution in [1.29, 1.82) is 0 Å². The molecule has 0 radical (unpaired) electrons. The molecule has 0 aliphatic heterocycles. The normalized spacial score (nSPS) is 11.5. The summed E-state index contributed by atoms with van der Waals surface area (Å²) in [5.41, 5.74) is 1.22. The maximum atomic E-state index is 12.2. The van der Waals surface area contributed by atoms with E-state index in [1.165, 1.54) is 5.56 Å². The van der Waals surface area contributed by atoms with Gasteiger partial charge < -0.3 is 19.5 Å². The van der Waals surface area contributed by atoms with Gasteiger partial charge in [-0.15, -0.1) is 0 Å². The molecule has 1 N–H and O–H groups in total. The van der Waals surface area contributed by atoms with E-state index >= 15 is 0 Å². The Morgan fingerprint density at radius 3 is 2.42 bits per heavy atom. The number of hydrogen-bond acceptors (Lipinski definition) is 4. The third kappa shape index (κ3) is 5.99. The maximum Gasteiger partial charge on any atom is 0.260 e. The molecule has 0 unspecified atom stereocenters. The molecule has 0 aliphatic carbocycles. The summed E-state index contributed by atoms with van der Waals surface area (Å²) in [5.74, 6) is 1.92. The summed E-state index contributed by atoms with van der Waals surface area (Å²) in [6.45, 7) is 4.97. The van der Waals surface area contributed by atoms with Crippen LogP contribution >= 0.6 is 0 Å². The average Bonchev–Trinajstić information content (AvgIpc) is 2.67. The van der Waals surface area contributed by atoms with Crippen molar-refractivity contribution in [2.75, 3.05) is 20.3 Å². The van der Waals surface area contributed by atoms with E-state index in [2.05, 4.69) is 17.4 Å². The van der Waals surface area contributed by atoms with E-state index < -0.39 is 6.10 Å². The number of nitrogens with one attached hydrogen (secondary N) is 1. The molecular weight excluding hydrogens is 330 g/mol. The minimum absolute atomic E-state index is 0.136. The summed E-state index contributed by atoms with van der Waals surface area (Å²) in [6.07, 6.45) is 1.17. The minimum atomic E-state index is -0.586. The molecule has 1 atom stereocenters. The summed E-state index contributed by atoms with van der Waals surface area (Å²) in [4.78, 5) is 12.2. The minimum Gasteiger partial charge on any atom is -0.494 e. The second-order valence-corrected chi connectivity index (χ2v) is 5.88. The standard InChI is InChI=1S/C21H27NO4/c1-4-25-18-13-11-17(12-14-18)8-7-15-22-21(23)16(2)26-20-10-6-5-9-19(20)24-3/h5-6,9-14,16H,4,7-8,15H2,1-3H3,(H,22,23)/t16-/m1/s1. The fourth-order valence-corrected chi connectivity index (χ4v) is 2.53. The van der Waals surface area contributed by atoms with Gasteiger partial charge in [0.2, 0.25) is 0 Å². The van der Waals surface area contributed by atoms with Crippen LogP contribution < -0.4 is 19.5 Å². The predicted molar refractivity (Wildman–Crippen MR) is 102 cm³/mol. The van der Waals surface area contributed by atoms with Gasteiger partial charge in [0.1, 0.15) is 5.75 Å². The maximum absolute atomic E-state index is 12.2. The Hall–Kier alpha value is -2.69. The number of hydrogen-bond donors (Lipinski definition) is 1. The van der Waals surface area contributed by atoms with Crippen molar-refractivity contribution in [2.45, 2.75) is 32.8 Å². The molecule has 0 fully saturated rings. The van der Waals surface area contributed by atoms with E-state index in [-0.39, 0.29) is 5.91 Å². The van der Waals surface area contributed by atoms with Gasteiger partial charge in [-0.3, -0.25) is 4.79 Å². The first-order valence-corrected chi connectivity index (χ1v) is 8.93. The molecular formula is C21H27NO4. The monoisotopic (exact) mass is 357 g/mol. The molecule has 1 amide bonds. The molecule has 0 heterocycles. The Balaban J connectivity index is 1.72. The predicted octanol–water partition coefficient (Wildman–Crippen LogP) is 3.61. The van der Waals surface area contributed by atoms with Crippen LogP contribution in [0.1, 0.15) is 25.8 Å². The van der Waals surface area contributed by atoms with Crippen LogP contribution in [0.3, 0.4) is 0 Å². The Labute approximate surface area is 155 Å². The first kappa shape index (κ1) is 19.6. The first-order valence-electron chi connectivity index (χ1n) is 8.93. The van der Waals surface area contributed by atoms with Crippen LogP contribution in [0.2, 0.25) is 0 Å². The van der Waals surface area contributed by atoms with Crippen molar-refractivity contribution in [3.63, 3.8) is 0 Å². The fraction of sp³-hybridized carbons (Fsp3) is 0.381. The number of amides is 1. The van der Waals surface area contributed by atoms with Gasteiger partial charge in [-0.2, -0.15) is 0 Å². The van der Waals surface area contributed by atoms with Gasteiger partial charge in [0.05, 0.1) is 13.7 Å². The van der Waals surface area contributed by atoms with Crippen LogP contribution in [0.25, 0.3) is 0 Å². The van der Waals surface area contributed by atoms with Crippen LogP contribution in [-0.2, 0) is 11.2 Å². The molecule has 5 nitrogen and oxygen atoms in total. The highest BCUT2D eigenvalue weighted by molar-refractivity contribution is 5.80. The lowest BCUT2D eigenvalue weighted by Gasteiger charge is -2.16. The topological polar surface area (TPSA) is 56.8 Å². The third-order valence-corrected chi connectivity index (χ3v) is 3.92. The summed E-state index contributed by atoms with van der Waals surface area (Å²) >= 11 is 0. The van der Waals surface area contributed by atoms with Gasteiger partial charge >= 0.3 is 0 Å². The number of ether oxygens (including phenoxy) is 3. The van der Waals surface area contributed by atoms with Crippen molar-refractivity contribution in [1.82, 2.24) is 5.32 Å². The Bertz CT molecular complexity index is 685. The van der Waals surface area contributed by atoms with Crippen LogP contribution in [0, 0.1) is 0 Å². The highest BCUT2D eigenvalue weighted by atomic mass is 16.5. The first-order chi connectivity index (χ1) is 12.6. The largest absolute Gasteiger partial charge is 0.494 e. The SMILES string of the molecule is CCOc1ccc(CCCNC(=O)[C@@H](C)Oc2ccccc2OC)cc1. The number of aryl methyl sites for hydroxylation is 1. The lowest BCUT2D eigenvalue weighted by molar-refractivity contribution is -0.127. The molecule has 0 saturated carbocycles. The summed E-state index contributed by atoms with van der Waals surface area (Å²) in [5, 5.41) is 2.91. The zero-order chi connectivity index (χ0) is 18.8. The molecule has 0 bridgehead atoms. The highest BCUT2D eigenvalue weighted by Gasteiger charge is 2.15. The van der Waals surface area contributed by atoms with Crippen LogP contribution in [0.5, 0.6) is 17.2 Å². The summed E-state index contributed by atoms with van der Waals surface area (Å²) in [6, 6.07) is 15.4. The van der Waals surface area contributed by atoms with E-state index in [4.69, 9.17) is 14.2 Å². The Kier molecular flexibility index (Phi) is 7.80. The lowest BCUT2D eigenvalue weighted by atomic mass is 10.1. The average molecular weight is 357 g/mol. The van der Waals surface area contributed by atoms with E-state index in [9.17, 15) is 4.79 Å².